The maximum Gasteiger partial charge on any atom is 0.244 e. The third-order valence-electron chi connectivity index (χ3n) is 3.68. The highest BCUT2D eigenvalue weighted by Gasteiger charge is 2.36. The van der Waals surface area contributed by atoms with Crippen molar-refractivity contribution in [1.82, 2.24) is 4.72 Å². The Morgan fingerprint density at radius 2 is 1.84 bits per heavy atom. The van der Waals surface area contributed by atoms with Gasteiger partial charge in [-0.3, -0.25) is 4.79 Å². The topological polar surface area (TPSA) is 111 Å². The van der Waals surface area contributed by atoms with E-state index in [0.717, 1.165) is 0 Å². The van der Waals surface area contributed by atoms with E-state index >= 15 is 0 Å². The summed E-state index contributed by atoms with van der Waals surface area (Å²) in [5, 5.41) is 2.72. The molecule has 25 heavy (non-hydrogen) atoms. The van der Waals surface area contributed by atoms with Crippen LogP contribution in [0.4, 0.5) is 5.69 Å². The Morgan fingerprint density at radius 3 is 2.40 bits per heavy atom. The highest BCUT2D eigenvalue weighted by atomic mass is 35.5. The number of hydrogen-bond acceptors (Lipinski definition) is 5. The van der Waals surface area contributed by atoms with Crippen LogP contribution in [0.3, 0.4) is 0 Å². The molecule has 0 spiro atoms. The van der Waals surface area contributed by atoms with E-state index in [2.05, 4.69) is 10.0 Å². The molecule has 1 aromatic carbocycles. The molecular formula is C16H26ClN3O4S. The normalized spacial score (nSPS) is 17.4. The SMILES string of the molecule is CC(C)(C)NS(=O)(=O)c1cccc(NC(=O)C2(N)CCOCC2)c1.Cl. The van der Waals surface area contributed by atoms with Crippen molar-refractivity contribution in [1.29, 1.82) is 0 Å². The molecule has 9 heteroatoms. The van der Waals surface area contributed by atoms with Gasteiger partial charge in [0.2, 0.25) is 15.9 Å². The first-order valence-corrected chi connectivity index (χ1v) is 9.32. The number of rotatable bonds is 4. The molecule has 0 unspecified atom stereocenters. The van der Waals surface area contributed by atoms with Crippen LogP contribution in [0.1, 0.15) is 33.6 Å². The number of carbonyl (C=O) groups excluding carboxylic acids is 1. The van der Waals surface area contributed by atoms with Crippen LogP contribution in [0, 0.1) is 0 Å². The first-order chi connectivity index (χ1) is 11.0. The van der Waals surface area contributed by atoms with Crippen LogP contribution in [0.15, 0.2) is 29.2 Å². The van der Waals surface area contributed by atoms with Crippen molar-refractivity contribution in [2.75, 3.05) is 18.5 Å². The van der Waals surface area contributed by atoms with Gasteiger partial charge in [-0.25, -0.2) is 13.1 Å². The molecule has 1 aromatic rings. The molecule has 1 amide bonds. The molecule has 1 saturated heterocycles. The standard InChI is InChI=1S/C16H25N3O4S.ClH/c1-15(2,3)19-24(21,22)13-6-4-5-12(11-13)18-14(20)16(17)7-9-23-10-8-16;/h4-6,11,19H,7-10,17H2,1-3H3,(H,18,20);1H. The molecule has 1 heterocycles. The van der Waals surface area contributed by atoms with Crippen molar-refractivity contribution in [2.24, 2.45) is 5.73 Å². The van der Waals surface area contributed by atoms with Gasteiger partial charge in [-0.15, -0.1) is 12.4 Å². The monoisotopic (exact) mass is 391 g/mol. The van der Waals surface area contributed by atoms with E-state index < -0.39 is 21.1 Å². The van der Waals surface area contributed by atoms with Gasteiger partial charge in [0.05, 0.1) is 4.90 Å². The number of nitrogens with one attached hydrogen (secondary N) is 2. The largest absolute Gasteiger partial charge is 0.381 e. The highest BCUT2D eigenvalue weighted by molar-refractivity contribution is 7.89. The summed E-state index contributed by atoms with van der Waals surface area (Å²) in [7, 11) is -3.67. The zero-order valence-electron chi connectivity index (χ0n) is 14.7. The Kier molecular flexibility index (Phi) is 7.00. The van der Waals surface area contributed by atoms with Crippen molar-refractivity contribution >= 4 is 34.0 Å². The molecule has 0 aromatic heterocycles. The predicted molar refractivity (Wildman–Crippen MR) is 99.4 cm³/mol. The fraction of sp³-hybridized carbons (Fsp3) is 0.562. The van der Waals surface area contributed by atoms with Crippen LogP contribution < -0.4 is 15.8 Å². The van der Waals surface area contributed by atoms with Crippen LogP contribution in [-0.4, -0.2) is 38.6 Å². The maximum absolute atomic E-state index is 12.4. The second-order valence-electron chi connectivity index (χ2n) is 7.11. The first kappa shape index (κ1) is 21.9. The average molecular weight is 392 g/mol. The Labute approximate surface area is 155 Å². The van der Waals surface area contributed by atoms with E-state index in [4.69, 9.17) is 10.5 Å². The van der Waals surface area contributed by atoms with Gasteiger partial charge in [0.15, 0.2) is 0 Å². The van der Waals surface area contributed by atoms with Gasteiger partial charge in [0.1, 0.15) is 5.54 Å². The van der Waals surface area contributed by atoms with Crippen molar-refractivity contribution in [3.8, 4) is 0 Å². The van der Waals surface area contributed by atoms with Gasteiger partial charge < -0.3 is 15.8 Å². The molecule has 142 valence electrons. The smallest absolute Gasteiger partial charge is 0.244 e. The van der Waals surface area contributed by atoms with E-state index in [-0.39, 0.29) is 23.2 Å². The van der Waals surface area contributed by atoms with Crippen LogP contribution in [0.5, 0.6) is 0 Å². The van der Waals surface area contributed by atoms with Crippen molar-refractivity contribution < 1.29 is 17.9 Å². The number of benzene rings is 1. The molecular weight excluding hydrogens is 366 g/mol. The van der Waals surface area contributed by atoms with Crippen LogP contribution in [-0.2, 0) is 19.6 Å². The Hall–Kier alpha value is -1.19. The van der Waals surface area contributed by atoms with E-state index in [1.807, 2.05) is 0 Å². The van der Waals surface area contributed by atoms with Crippen molar-refractivity contribution in [3.63, 3.8) is 0 Å². The van der Waals surface area contributed by atoms with Crippen LogP contribution in [0.2, 0.25) is 0 Å². The summed E-state index contributed by atoms with van der Waals surface area (Å²) in [6, 6.07) is 6.13. The van der Waals surface area contributed by atoms with Gasteiger partial charge in [-0.1, -0.05) is 6.07 Å². The number of sulfonamides is 1. The maximum atomic E-state index is 12.4. The molecule has 2 rings (SSSR count). The Bertz CT molecular complexity index is 710. The second-order valence-corrected chi connectivity index (χ2v) is 8.79. The van der Waals surface area contributed by atoms with Crippen molar-refractivity contribution in [3.05, 3.63) is 24.3 Å². The average Bonchev–Trinajstić information content (AvgIpc) is 2.46. The molecule has 0 atom stereocenters. The number of carbonyl (C=O) groups is 1. The highest BCUT2D eigenvalue weighted by Crippen LogP contribution is 2.22. The lowest BCUT2D eigenvalue weighted by atomic mass is 9.90. The van der Waals surface area contributed by atoms with E-state index in [0.29, 0.717) is 31.7 Å². The quantitative estimate of drug-likeness (QED) is 0.722. The summed E-state index contributed by atoms with van der Waals surface area (Å²) in [6.07, 6.45) is 0.866. The summed E-state index contributed by atoms with van der Waals surface area (Å²) in [4.78, 5) is 12.5. The Balaban J connectivity index is 0.00000312. The molecule has 1 aliphatic rings. The zero-order chi connectivity index (χ0) is 18.0. The fourth-order valence-corrected chi connectivity index (χ4v) is 3.89. The van der Waals surface area contributed by atoms with Gasteiger partial charge in [-0.05, 0) is 51.8 Å². The Morgan fingerprint density at radius 1 is 1.24 bits per heavy atom. The summed E-state index contributed by atoms with van der Waals surface area (Å²) in [6.45, 7) is 6.17. The summed E-state index contributed by atoms with van der Waals surface area (Å²) in [5.41, 5.74) is 4.95. The molecule has 0 radical (unpaired) electrons. The van der Waals surface area contributed by atoms with E-state index in [1.165, 1.54) is 12.1 Å². The summed E-state index contributed by atoms with van der Waals surface area (Å²) >= 11 is 0. The fourth-order valence-electron chi connectivity index (χ4n) is 2.42. The summed E-state index contributed by atoms with van der Waals surface area (Å²) in [5.74, 6) is -0.330. The predicted octanol–water partition coefficient (Wildman–Crippen LogP) is 1.63. The van der Waals surface area contributed by atoms with Crippen LogP contribution in [0.25, 0.3) is 0 Å². The molecule has 1 aliphatic heterocycles. The third kappa shape index (κ3) is 5.93. The third-order valence-corrected chi connectivity index (χ3v) is 5.44. The minimum absolute atomic E-state index is 0. The number of nitrogens with two attached hydrogens (primary N) is 1. The molecule has 4 N–H and O–H groups in total. The number of anilines is 1. The van der Waals surface area contributed by atoms with Crippen molar-refractivity contribution in [2.45, 2.75) is 49.6 Å². The molecule has 7 nitrogen and oxygen atoms in total. The molecule has 0 bridgehead atoms. The lowest BCUT2D eigenvalue weighted by molar-refractivity contribution is -0.124. The lowest BCUT2D eigenvalue weighted by Crippen LogP contribution is -2.54. The van der Waals surface area contributed by atoms with Gasteiger partial charge >= 0.3 is 0 Å². The van der Waals surface area contributed by atoms with Crippen LogP contribution >= 0.6 is 12.4 Å². The summed E-state index contributed by atoms with van der Waals surface area (Å²) < 4.78 is 32.6. The molecule has 0 aliphatic carbocycles. The minimum atomic E-state index is -3.67. The van der Waals surface area contributed by atoms with Gasteiger partial charge in [0, 0.05) is 24.4 Å². The van der Waals surface area contributed by atoms with E-state index in [1.54, 1.807) is 32.9 Å². The number of hydrogen-bond donors (Lipinski definition) is 3. The van der Waals surface area contributed by atoms with Gasteiger partial charge in [-0.2, -0.15) is 0 Å². The minimum Gasteiger partial charge on any atom is -0.381 e. The number of ether oxygens (including phenoxy) is 1. The molecule has 0 saturated carbocycles. The number of amides is 1. The lowest BCUT2D eigenvalue weighted by Gasteiger charge is -2.31. The first-order valence-electron chi connectivity index (χ1n) is 7.84. The second kappa shape index (κ2) is 8.01. The van der Waals surface area contributed by atoms with E-state index in [9.17, 15) is 13.2 Å². The zero-order valence-corrected chi connectivity index (χ0v) is 16.3. The number of halogens is 1. The molecule has 1 fully saturated rings. The van der Waals surface area contributed by atoms with Gasteiger partial charge in [0.25, 0.3) is 0 Å².